The van der Waals surface area contributed by atoms with Crippen LogP contribution in [-0.2, 0) is 22.6 Å². The maximum atomic E-state index is 12.2. The van der Waals surface area contributed by atoms with E-state index >= 15 is 0 Å². The van der Waals surface area contributed by atoms with Crippen LogP contribution in [-0.4, -0.2) is 30.0 Å². The van der Waals surface area contributed by atoms with E-state index in [1.165, 1.54) is 5.56 Å². The molecule has 1 saturated heterocycles. The molecule has 1 aliphatic rings. The quantitative estimate of drug-likeness (QED) is 0.849. The van der Waals surface area contributed by atoms with Crippen molar-refractivity contribution < 1.29 is 9.53 Å². The highest BCUT2D eigenvalue weighted by Gasteiger charge is 2.26. The van der Waals surface area contributed by atoms with Crippen LogP contribution < -0.4 is 0 Å². The molecule has 0 bridgehead atoms. The SMILES string of the molecule is O=C(Cc1ccsc1)N1CC[C@H](OCc2ccccc2)C1. The molecule has 0 N–H and O–H groups in total. The van der Waals surface area contributed by atoms with Gasteiger partial charge in [-0.3, -0.25) is 4.79 Å². The van der Waals surface area contributed by atoms with Crippen molar-refractivity contribution in [3.05, 3.63) is 58.3 Å². The lowest BCUT2D eigenvalue weighted by atomic mass is 10.2. The predicted molar refractivity (Wildman–Crippen MR) is 84.2 cm³/mol. The summed E-state index contributed by atoms with van der Waals surface area (Å²) in [6.45, 7) is 2.15. The van der Waals surface area contributed by atoms with E-state index in [9.17, 15) is 4.79 Å². The average Bonchev–Trinajstić information content (AvgIpc) is 3.17. The van der Waals surface area contributed by atoms with Gasteiger partial charge >= 0.3 is 0 Å². The van der Waals surface area contributed by atoms with Gasteiger partial charge in [0.15, 0.2) is 0 Å². The van der Waals surface area contributed by atoms with Gasteiger partial charge in [-0.05, 0) is 34.4 Å². The number of rotatable bonds is 5. The number of hydrogen-bond donors (Lipinski definition) is 0. The zero-order chi connectivity index (χ0) is 14.5. The van der Waals surface area contributed by atoms with Crippen LogP contribution in [0.3, 0.4) is 0 Å². The number of ether oxygens (including phenoxy) is 1. The summed E-state index contributed by atoms with van der Waals surface area (Å²) in [5.41, 5.74) is 2.29. The number of nitrogens with zero attached hydrogens (tertiary/aromatic N) is 1. The first-order chi connectivity index (χ1) is 10.3. The summed E-state index contributed by atoms with van der Waals surface area (Å²) < 4.78 is 5.91. The van der Waals surface area contributed by atoms with E-state index in [-0.39, 0.29) is 12.0 Å². The average molecular weight is 301 g/mol. The van der Waals surface area contributed by atoms with Gasteiger partial charge in [-0.25, -0.2) is 0 Å². The minimum absolute atomic E-state index is 0.164. The predicted octanol–water partition coefficient (Wildman–Crippen LogP) is 3.11. The second kappa shape index (κ2) is 6.87. The molecule has 0 unspecified atom stereocenters. The van der Waals surface area contributed by atoms with E-state index in [4.69, 9.17) is 4.74 Å². The van der Waals surface area contributed by atoms with Crippen LogP contribution in [0, 0.1) is 0 Å². The molecule has 0 spiro atoms. The Balaban J connectivity index is 1.45. The molecule has 1 amide bonds. The Bertz CT molecular complexity index is 568. The highest BCUT2D eigenvalue weighted by Crippen LogP contribution is 2.17. The number of carbonyl (C=O) groups excluding carboxylic acids is 1. The zero-order valence-corrected chi connectivity index (χ0v) is 12.7. The third kappa shape index (κ3) is 3.93. The smallest absolute Gasteiger partial charge is 0.227 e. The molecule has 1 aromatic heterocycles. The van der Waals surface area contributed by atoms with Gasteiger partial charge in [0.1, 0.15) is 0 Å². The Morgan fingerprint density at radius 3 is 2.86 bits per heavy atom. The third-order valence-corrected chi connectivity index (χ3v) is 4.49. The maximum absolute atomic E-state index is 12.2. The molecule has 1 atom stereocenters. The van der Waals surface area contributed by atoms with E-state index in [0.29, 0.717) is 13.0 Å². The van der Waals surface area contributed by atoms with E-state index in [1.807, 2.05) is 39.9 Å². The fraction of sp³-hybridized carbons (Fsp3) is 0.353. The van der Waals surface area contributed by atoms with Crippen molar-refractivity contribution in [3.63, 3.8) is 0 Å². The molecule has 1 fully saturated rings. The number of carbonyl (C=O) groups is 1. The second-order valence-electron chi connectivity index (χ2n) is 5.36. The lowest BCUT2D eigenvalue weighted by Gasteiger charge is -2.16. The molecular weight excluding hydrogens is 282 g/mol. The third-order valence-electron chi connectivity index (χ3n) is 3.76. The fourth-order valence-corrected chi connectivity index (χ4v) is 3.23. The van der Waals surface area contributed by atoms with Crippen molar-refractivity contribution in [1.29, 1.82) is 0 Å². The lowest BCUT2D eigenvalue weighted by molar-refractivity contribution is -0.130. The van der Waals surface area contributed by atoms with E-state index in [2.05, 4.69) is 12.1 Å². The molecule has 0 saturated carbocycles. The monoisotopic (exact) mass is 301 g/mol. The molecule has 21 heavy (non-hydrogen) atoms. The Morgan fingerprint density at radius 1 is 1.24 bits per heavy atom. The first kappa shape index (κ1) is 14.3. The number of likely N-dealkylation sites (tertiary alicyclic amines) is 1. The largest absolute Gasteiger partial charge is 0.372 e. The highest BCUT2D eigenvalue weighted by atomic mass is 32.1. The zero-order valence-electron chi connectivity index (χ0n) is 11.9. The van der Waals surface area contributed by atoms with Gasteiger partial charge in [-0.1, -0.05) is 30.3 Å². The van der Waals surface area contributed by atoms with Crippen LogP contribution in [0.15, 0.2) is 47.2 Å². The van der Waals surface area contributed by atoms with Gasteiger partial charge in [-0.2, -0.15) is 11.3 Å². The van der Waals surface area contributed by atoms with Crippen LogP contribution in [0.2, 0.25) is 0 Å². The van der Waals surface area contributed by atoms with Crippen LogP contribution >= 0.6 is 11.3 Å². The molecule has 3 nitrogen and oxygen atoms in total. The molecule has 0 radical (unpaired) electrons. The van der Waals surface area contributed by atoms with Crippen LogP contribution in [0.25, 0.3) is 0 Å². The fourth-order valence-electron chi connectivity index (χ4n) is 2.56. The van der Waals surface area contributed by atoms with Gasteiger partial charge in [0.25, 0.3) is 0 Å². The topological polar surface area (TPSA) is 29.5 Å². The summed E-state index contributed by atoms with van der Waals surface area (Å²) in [6, 6.07) is 12.2. The number of thiophene rings is 1. The number of amides is 1. The normalized spacial score (nSPS) is 18.1. The van der Waals surface area contributed by atoms with Crippen molar-refractivity contribution in [2.24, 2.45) is 0 Å². The Kier molecular flexibility index (Phi) is 4.68. The summed E-state index contributed by atoms with van der Waals surface area (Å²) in [5, 5.41) is 4.05. The van der Waals surface area contributed by atoms with Gasteiger partial charge in [0.05, 0.1) is 19.1 Å². The van der Waals surface area contributed by atoms with Crippen LogP contribution in [0.5, 0.6) is 0 Å². The minimum atomic E-state index is 0.164. The van der Waals surface area contributed by atoms with Gasteiger partial charge in [0, 0.05) is 13.1 Å². The lowest BCUT2D eigenvalue weighted by Crippen LogP contribution is -2.31. The molecule has 2 heterocycles. The van der Waals surface area contributed by atoms with Crippen molar-refractivity contribution in [2.45, 2.75) is 25.6 Å². The van der Waals surface area contributed by atoms with E-state index in [0.717, 1.165) is 25.1 Å². The standard InChI is InChI=1S/C17H19NO2S/c19-17(10-15-7-9-21-13-15)18-8-6-16(11-18)20-12-14-4-2-1-3-5-14/h1-5,7,9,13,16H,6,8,10-12H2/t16-/m0/s1. The molecule has 4 heteroatoms. The summed E-state index contributed by atoms with van der Waals surface area (Å²) in [7, 11) is 0. The molecule has 0 aliphatic carbocycles. The summed E-state index contributed by atoms with van der Waals surface area (Å²) in [4.78, 5) is 14.1. The molecule has 1 aromatic carbocycles. The van der Waals surface area contributed by atoms with Crippen molar-refractivity contribution in [1.82, 2.24) is 4.90 Å². The van der Waals surface area contributed by atoms with E-state index in [1.54, 1.807) is 11.3 Å². The Morgan fingerprint density at radius 2 is 2.10 bits per heavy atom. The first-order valence-electron chi connectivity index (χ1n) is 7.25. The second-order valence-corrected chi connectivity index (χ2v) is 6.14. The van der Waals surface area contributed by atoms with Gasteiger partial charge < -0.3 is 9.64 Å². The maximum Gasteiger partial charge on any atom is 0.227 e. The highest BCUT2D eigenvalue weighted by molar-refractivity contribution is 7.07. The number of benzene rings is 1. The number of hydrogen-bond acceptors (Lipinski definition) is 3. The molecule has 110 valence electrons. The van der Waals surface area contributed by atoms with E-state index < -0.39 is 0 Å². The Hall–Kier alpha value is -1.65. The van der Waals surface area contributed by atoms with Crippen LogP contribution in [0.4, 0.5) is 0 Å². The van der Waals surface area contributed by atoms with Crippen molar-refractivity contribution in [2.75, 3.05) is 13.1 Å². The summed E-state index contributed by atoms with van der Waals surface area (Å²) in [5.74, 6) is 0.208. The first-order valence-corrected chi connectivity index (χ1v) is 8.20. The summed E-state index contributed by atoms with van der Waals surface area (Å²) >= 11 is 1.63. The van der Waals surface area contributed by atoms with Crippen molar-refractivity contribution in [3.8, 4) is 0 Å². The van der Waals surface area contributed by atoms with Gasteiger partial charge in [-0.15, -0.1) is 0 Å². The molecule has 3 rings (SSSR count). The molecule has 2 aromatic rings. The minimum Gasteiger partial charge on any atom is -0.372 e. The van der Waals surface area contributed by atoms with Gasteiger partial charge in [0.2, 0.25) is 5.91 Å². The Labute approximate surface area is 129 Å². The molecular formula is C17H19NO2S. The van der Waals surface area contributed by atoms with Crippen molar-refractivity contribution >= 4 is 17.2 Å². The molecule has 1 aliphatic heterocycles. The van der Waals surface area contributed by atoms with Crippen LogP contribution in [0.1, 0.15) is 17.5 Å². The summed E-state index contributed by atoms with van der Waals surface area (Å²) in [6.07, 6.45) is 1.61.